The first-order chi connectivity index (χ1) is 9.51. The van der Waals surface area contributed by atoms with Crippen molar-refractivity contribution in [3.63, 3.8) is 0 Å². The van der Waals surface area contributed by atoms with Gasteiger partial charge in [-0.25, -0.2) is 0 Å². The van der Waals surface area contributed by atoms with Gasteiger partial charge in [-0.2, -0.15) is 5.26 Å². The minimum absolute atomic E-state index is 0.0992. The zero-order chi connectivity index (χ0) is 14.7. The average Bonchev–Trinajstić information content (AvgIpc) is 2.87. The predicted octanol–water partition coefficient (Wildman–Crippen LogP) is 2.36. The number of nitrogens with one attached hydrogen (secondary N) is 1. The van der Waals surface area contributed by atoms with Gasteiger partial charge in [0.15, 0.2) is 0 Å². The molecule has 6 nitrogen and oxygen atoms in total. The van der Waals surface area contributed by atoms with Gasteiger partial charge in [0.25, 0.3) is 5.69 Å². The van der Waals surface area contributed by atoms with E-state index in [0.29, 0.717) is 12.1 Å². The molecule has 0 bridgehead atoms. The fourth-order valence-corrected chi connectivity index (χ4v) is 2.67. The number of nitro groups is 1. The van der Waals surface area contributed by atoms with E-state index in [1.807, 2.05) is 6.07 Å². The summed E-state index contributed by atoms with van der Waals surface area (Å²) in [5.74, 6) is 0. The molecule has 1 N–H and O–H groups in total. The molecule has 2 rings (SSSR count). The number of rotatable bonds is 4. The number of hydrogen-bond acceptors (Lipinski definition) is 5. The summed E-state index contributed by atoms with van der Waals surface area (Å²) in [4.78, 5) is 12.5. The van der Waals surface area contributed by atoms with Gasteiger partial charge in [0.1, 0.15) is 11.6 Å². The second-order valence-electron chi connectivity index (χ2n) is 5.37. The number of nitriles is 1. The Kier molecular flexibility index (Phi) is 4.20. The van der Waals surface area contributed by atoms with Gasteiger partial charge in [-0.3, -0.25) is 10.1 Å². The van der Waals surface area contributed by atoms with Crippen molar-refractivity contribution in [2.75, 3.05) is 19.4 Å². The Morgan fingerprint density at radius 1 is 1.45 bits per heavy atom. The molecule has 20 heavy (non-hydrogen) atoms. The second kappa shape index (κ2) is 5.88. The monoisotopic (exact) mass is 274 g/mol. The molecule has 106 valence electrons. The van der Waals surface area contributed by atoms with E-state index in [1.165, 1.54) is 6.07 Å². The third kappa shape index (κ3) is 3.06. The van der Waals surface area contributed by atoms with E-state index in [0.717, 1.165) is 24.9 Å². The summed E-state index contributed by atoms with van der Waals surface area (Å²) < 4.78 is 0. The van der Waals surface area contributed by atoms with Crippen molar-refractivity contribution in [2.45, 2.75) is 31.3 Å². The molecule has 0 saturated heterocycles. The number of hydrogen-bond donors (Lipinski definition) is 1. The van der Waals surface area contributed by atoms with Crippen molar-refractivity contribution in [2.24, 2.45) is 0 Å². The summed E-state index contributed by atoms with van der Waals surface area (Å²) in [5, 5.41) is 23.1. The van der Waals surface area contributed by atoms with Crippen molar-refractivity contribution >= 4 is 11.4 Å². The molecule has 0 aromatic heterocycles. The van der Waals surface area contributed by atoms with Gasteiger partial charge in [-0.15, -0.1) is 0 Å². The molecule has 0 spiro atoms. The standard InChI is InChI=1S/C14H18N4O2/c1-17(2)13-5-3-12(8-13)16-11-4-6-14(18(19)20)10(7-11)9-15/h4,6-7,12-13,16H,3,5,8H2,1-2H3/t12-,13-/m1/s1. The maximum Gasteiger partial charge on any atom is 0.287 e. The fraction of sp³-hybridized carbons (Fsp3) is 0.500. The third-order valence-corrected chi connectivity index (χ3v) is 3.82. The van der Waals surface area contributed by atoms with Crippen molar-refractivity contribution in [3.8, 4) is 6.07 Å². The molecule has 0 radical (unpaired) electrons. The van der Waals surface area contributed by atoms with Crippen LogP contribution in [0, 0.1) is 21.4 Å². The quantitative estimate of drug-likeness (QED) is 0.673. The van der Waals surface area contributed by atoms with Crippen LogP contribution in [-0.4, -0.2) is 36.0 Å². The van der Waals surface area contributed by atoms with Crippen molar-refractivity contribution < 1.29 is 4.92 Å². The van der Waals surface area contributed by atoms with Crippen LogP contribution in [0.4, 0.5) is 11.4 Å². The zero-order valence-electron chi connectivity index (χ0n) is 11.7. The van der Waals surface area contributed by atoms with Gasteiger partial charge in [-0.05, 0) is 45.5 Å². The van der Waals surface area contributed by atoms with E-state index in [9.17, 15) is 10.1 Å². The topological polar surface area (TPSA) is 82.2 Å². The highest BCUT2D eigenvalue weighted by molar-refractivity contribution is 5.59. The summed E-state index contributed by atoms with van der Waals surface area (Å²) in [6, 6.07) is 7.42. The third-order valence-electron chi connectivity index (χ3n) is 3.82. The highest BCUT2D eigenvalue weighted by atomic mass is 16.6. The number of benzene rings is 1. The Hall–Kier alpha value is -2.13. The Bertz CT molecular complexity index is 551. The minimum Gasteiger partial charge on any atom is -0.382 e. The molecule has 0 unspecified atom stereocenters. The van der Waals surface area contributed by atoms with Gasteiger partial charge >= 0.3 is 0 Å². The number of nitrogens with zero attached hydrogens (tertiary/aromatic N) is 3. The largest absolute Gasteiger partial charge is 0.382 e. The molecule has 6 heteroatoms. The molecule has 1 saturated carbocycles. The normalized spacial score (nSPS) is 21.7. The molecule has 1 aliphatic rings. The molecular formula is C14H18N4O2. The van der Waals surface area contributed by atoms with Gasteiger partial charge < -0.3 is 10.2 Å². The van der Waals surface area contributed by atoms with Crippen molar-refractivity contribution in [3.05, 3.63) is 33.9 Å². The van der Waals surface area contributed by atoms with E-state index in [4.69, 9.17) is 5.26 Å². The summed E-state index contributed by atoms with van der Waals surface area (Å²) in [6.07, 6.45) is 3.26. The number of nitro benzene ring substituents is 1. The minimum atomic E-state index is -0.528. The van der Waals surface area contributed by atoms with Gasteiger partial charge in [0.05, 0.1) is 4.92 Å². The lowest BCUT2D eigenvalue weighted by atomic mass is 10.1. The average molecular weight is 274 g/mol. The molecule has 0 heterocycles. The van der Waals surface area contributed by atoms with Crippen LogP contribution >= 0.6 is 0 Å². The van der Waals surface area contributed by atoms with Crippen LogP contribution in [0.15, 0.2) is 18.2 Å². The maximum atomic E-state index is 10.8. The van der Waals surface area contributed by atoms with E-state index < -0.39 is 4.92 Å². The van der Waals surface area contributed by atoms with Crippen LogP contribution in [0.1, 0.15) is 24.8 Å². The molecule has 1 fully saturated rings. The van der Waals surface area contributed by atoms with E-state index in [-0.39, 0.29) is 11.3 Å². The van der Waals surface area contributed by atoms with E-state index in [2.05, 4.69) is 24.3 Å². The van der Waals surface area contributed by atoms with Crippen LogP contribution in [0.5, 0.6) is 0 Å². The summed E-state index contributed by atoms with van der Waals surface area (Å²) in [7, 11) is 4.15. The Morgan fingerprint density at radius 2 is 2.20 bits per heavy atom. The van der Waals surface area contributed by atoms with Crippen molar-refractivity contribution in [1.29, 1.82) is 5.26 Å². The molecule has 1 aliphatic carbocycles. The molecule has 0 aliphatic heterocycles. The lowest BCUT2D eigenvalue weighted by Gasteiger charge is -2.19. The second-order valence-corrected chi connectivity index (χ2v) is 5.37. The smallest absolute Gasteiger partial charge is 0.287 e. The van der Waals surface area contributed by atoms with Crippen LogP contribution in [0.2, 0.25) is 0 Å². The Morgan fingerprint density at radius 3 is 2.75 bits per heavy atom. The molecule has 2 atom stereocenters. The van der Waals surface area contributed by atoms with Gasteiger partial charge in [-0.1, -0.05) is 0 Å². The van der Waals surface area contributed by atoms with Crippen LogP contribution in [0.25, 0.3) is 0 Å². The highest BCUT2D eigenvalue weighted by Crippen LogP contribution is 2.27. The fourth-order valence-electron chi connectivity index (χ4n) is 2.67. The first-order valence-electron chi connectivity index (χ1n) is 6.62. The number of anilines is 1. The first-order valence-corrected chi connectivity index (χ1v) is 6.62. The molecule has 1 aromatic rings. The highest BCUT2D eigenvalue weighted by Gasteiger charge is 2.26. The lowest BCUT2D eigenvalue weighted by Crippen LogP contribution is -2.26. The van der Waals surface area contributed by atoms with Crippen LogP contribution in [0.3, 0.4) is 0 Å². The molecule has 0 amide bonds. The predicted molar refractivity (Wildman–Crippen MR) is 76.5 cm³/mol. The lowest BCUT2D eigenvalue weighted by molar-refractivity contribution is -0.385. The Labute approximate surface area is 118 Å². The van der Waals surface area contributed by atoms with Gasteiger partial charge in [0.2, 0.25) is 0 Å². The van der Waals surface area contributed by atoms with Gasteiger partial charge in [0, 0.05) is 23.8 Å². The van der Waals surface area contributed by atoms with Crippen LogP contribution in [-0.2, 0) is 0 Å². The van der Waals surface area contributed by atoms with Crippen molar-refractivity contribution in [1.82, 2.24) is 4.90 Å². The summed E-state index contributed by atoms with van der Waals surface area (Å²) in [6.45, 7) is 0. The van der Waals surface area contributed by atoms with E-state index in [1.54, 1.807) is 12.1 Å². The molecular weight excluding hydrogens is 256 g/mol. The zero-order valence-corrected chi connectivity index (χ0v) is 11.7. The summed E-state index contributed by atoms with van der Waals surface area (Å²) in [5.41, 5.74) is 0.731. The van der Waals surface area contributed by atoms with Crippen LogP contribution < -0.4 is 5.32 Å². The maximum absolute atomic E-state index is 10.8. The SMILES string of the molecule is CN(C)[C@@H]1CC[C@@H](Nc2ccc([N+](=O)[O-])c(C#N)c2)C1. The van der Waals surface area contributed by atoms with E-state index >= 15 is 0 Å². The summed E-state index contributed by atoms with van der Waals surface area (Å²) >= 11 is 0. The Balaban J connectivity index is 2.08. The molecule has 1 aromatic carbocycles. The first kappa shape index (κ1) is 14.3.